The summed E-state index contributed by atoms with van der Waals surface area (Å²) in [6.07, 6.45) is 0. The minimum atomic E-state index is -2.37. The van der Waals surface area contributed by atoms with E-state index >= 15 is 0 Å². The lowest BCUT2D eigenvalue weighted by molar-refractivity contribution is 1.39. The van der Waals surface area contributed by atoms with Gasteiger partial charge < -0.3 is 0 Å². The molecule has 0 aliphatic rings. The van der Waals surface area contributed by atoms with Crippen LogP contribution < -0.4 is 10.4 Å². The molecule has 104 valence electrons. The molecule has 0 bridgehead atoms. The van der Waals surface area contributed by atoms with Crippen molar-refractivity contribution in [1.82, 2.24) is 0 Å². The van der Waals surface area contributed by atoms with E-state index in [1.54, 1.807) is 0 Å². The second-order valence-corrected chi connectivity index (χ2v) is 10.4. The summed E-state index contributed by atoms with van der Waals surface area (Å²) in [6, 6.07) is 13.2. The lowest BCUT2D eigenvalue weighted by atomic mass is 10.2. The summed E-state index contributed by atoms with van der Waals surface area (Å²) in [5.74, 6) is 0. The standard InChI is InChI=1S/C18H21ClSi/c1-6-20(19,17-9-13(2)7-14(3)10-17)18-11-15(4)8-16(5)12-18/h6-12H,1H2,2-5H3. The molecule has 0 aliphatic heterocycles. The largest absolute Gasteiger partial charge is 0.240 e. The predicted octanol–water partition coefficient (Wildman–Crippen LogP) is 3.94. The highest BCUT2D eigenvalue weighted by molar-refractivity contribution is 7.36. The van der Waals surface area contributed by atoms with Gasteiger partial charge in [0.15, 0.2) is 0 Å². The van der Waals surface area contributed by atoms with Crippen LogP contribution >= 0.6 is 11.1 Å². The van der Waals surface area contributed by atoms with Gasteiger partial charge in [0, 0.05) is 0 Å². The smallest absolute Gasteiger partial charge is 0.149 e. The Morgan fingerprint density at radius 1 is 0.750 bits per heavy atom. The topological polar surface area (TPSA) is 0 Å². The van der Waals surface area contributed by atoms with Gasteiger partial charge in [-0.05, 0) is 38.1 Å². The van der Waals surface area contributed by atoms with Gasteiger partial charge in [-0.3, -0.25) is 0 Å². The summed E-state index contributed by atoms with van der Waals surface area (Å²) < 4.78 is 0. The van der Waals surface area contributed by atoms with Gasteiger partial charge in [-0.25, -0.2) is 0 Å². The van der Waals surface area contributed by atoms with Crippen LogP contribution in [0.1, 0.15) is 22.3 Å². The number of hydrogen-bond acceptors (Lipinski definition) is 0. The summed E-state index contributed by atoms with van der Waals surface area (Å²) in [4.78, 5) is 0. The molecule has 2 aromatic carbocycles. The molecule has 0 amide bonds. The molecule has 0 aromatic heterocycles. The van der Waals surface area contributed by atoms with Crippen molar-refractivity contribution in [1.29, 1.82) is 0 Å². The Morgan fingerprint density at radius 2 is 1.05 bits per heavy atom. The number of rotatable bonds is 3. The van der Waals surface area contributed by atoms with E-state index < -0.39 is 7.38 Å². The molecule has 2 rings (SSSR count). The van der Waals surface area contributed by atoms with Crippen molar-refractivity contribution in [3.8, 4) is 0 Å². The molecule has 0 heterocycles. The Kier molecular flexibility index (Phi) is 4.21. The first kappa shape index (κ1) is 15.1. The maximum Gasteiger partial charge on any atom is 0.240 e. The molecule has 0 unspecified atom stereocenters. The van der Waals surface area contributed by atoms with Crippen LogP contribution in [0.2, 0.25) is 0 Å². The van der Waals surface area contributed by atoms with E-state index in [0.717, 1.165) is 0 Å². The fraction of sp³-hybridized carbons (Fsp3) is 0.222. The van der Waals surface area contributed by atoms with E-state index in [4.69, 9.17) is 11.1 Å². The molecule has 20 heavy (non-hydrogen) atoms. The summed E-state index contributed by atoms with van der Waals surface area (Å²) in [5.41, 5.74) is 6.98. The van der Waals surface area contributed by atoms with Crippen molar-refractivity contribution in [2.45, 2.75) is 27.7 Å². The molecular weight excluding hydrogens is 280 g/mol. The van der Waals surface area contributed by atoms with Crippen molar-refractivity contribution in [2.24, 2.45) is 0 Å². The molecule has 0 fully saturated rings. The van der Waals surface area contributed by atoms with Crippen molar-refractivity contribution < 1.29 is 0 Å². The maximum absolute atomic E-state index is 7.08. The van der Waals surface area contributed by atoms with Gasteiger partial charge in [0.05, 0.1) is 0 Å². The monoisotopic (exact) mass is 300 g/mol. The molecule has 0 spiro atoms. The van der Waals surface area contributed by atoms with Crippen LogP contribution in [-0.4, -0.2) is 7.38 Å². The van der Waals surface area contributed by atoms with Gasteiger partial charge in [-0.1, -0.05) is 64.4 Å². The van der Waals surface area contributed by atoms with Crippen molar-refractivity contribution in [2.75, 3.05) is 0 Å². The SMILES string of the molecule is C=C[Si](Cl)(c1cc(C)cc(C)c1)c1cc(C)cc(C)c1. The third-order valence-electron chi connectivity index (χ3n) is 3.56. The highest BCUT2D eigenvalue weighted by Gasteiger charge is 2.32. The second kappa shape index (κ2) is 5.59. The fourth-order valence-corrected chi connectivity index (χ4v) is 5.98. The van der Waals surface area contributed by atoms with E-state index in [2.05, 4.69) is 70.7 Å². The molecule has 0 saturated carbocycles. The quantitative estimate of drug-likeness (QED) is 0.595. The van der Waals surface area contributed by atoms with E-state index in [0.29, 0.717) is 0 Å². The number of hydrogen-bond donors (Lipinski definition) is 0. The summed E-state index contributed by atoms with van der Waals surface area (Å²) in [5, 5.41) is 2.44. The van der Waals surface area contributed by atoms with Gasteiger partial charge >= 0.3 is 0 Å². The number of benzene rings is 2. The zero-order chi connectivity index (χ0) is 14.9. The third kappa shape index (κ3) is 2.89. The average molecular weight is 301 g/mol. The third-order valence-corrected chi connectivity index (χ3v) is 8.16. The van der Waals surface area contributed by atoms with E-state index in [9.17, 15) is 0 Å². The van der Waals surface area contributed by atoms with Gasteiger partial charge in [-0.15, -0.1) is 17.7 Å². The highest BCUT2D eigenvalue weighted by Crippen LogP contribution is 2.16. The minimum Gasteiger partial charge on any atom is -0.149 e. The number of aryl methyl sites for hydroxylation is 4. The van der Waals surface area contributed by atoms with Crippen LogP contribution in [0.3, 0.4) is 0 Å². The maximum atomic E-state index is 7.08. The predicted molar refractivity (Wildman–Crippen MR) is 92.9 cm³/mol. The Bertz CT molecular complexity index is 566. The van der Waals surface area contributed by atoms with Crippen LogP contribution in [0.5, 0.6) is 0 Å². The van der Waals surface area contributed by atoms with Gasteiger partial charge in [-0.2, -0.15) is 0 Å². The average Bonchev–Trinajstić information content (AvgIpc) is 2.35. The Labute approximate surface area is 127 Å². The van der Waals surface area contributed by atoms with E-state index in [1.165, 1.54) is 32.6 Å². The zero-order valence-electron chi connectivity index (χ0n) is 12.6. The molecule has 0 saturated heterocycles. The van der Waals surface area contributed by atoms with Crippen LogP contribution in [0, 0.1) is 27.7 Å². The highest BCUT2D eigenvalue weighted by atomic mass is 35.6. The first-order chi connectivity index (χ1) is 9.35. The van der Waals surface area contributed by atoms with Crippen LogP contribution in [0.15, 0.2) is 48.7 Å². The van der Waals surface area contributed by atoms with Crippen molar-refractivity contribution in [3.05, 3.63) is 70.9 Å². The second-order valence-electron chi connectivity index (χ2n) is 5.67. The molecule has 2 aromatic rings. The van der Waals surface area contributed by atoms with Crippen LogP contribution in [-0.2, 0) is 0 Å². The summed E-state index contributed by atoms with van der Waals surface area (Å²) in [6.45, 7) is 12.5. The Hall–Kier alpha value is -1.31. The number of halogens is 1. The zero-order valence-corrected chi connectivity index (χ0v) is 14.4. The summed E-state index contributed by atoms with van der Waals surface area (Å²) in [7, 11) is -2.37. The van der Waals surface area contributed by atoms with E-state index in [1.807, 2.05) is 5.70 Å². The first-order valence-corrected chi connectivity index (χ1v) is 9.94. The van der Waals surface area contributed by atoms with Crippen molar-refractivity contribution in [3.63, 3.8) is 0 Å². The molecule has 0 atom stereocenters. The lowest BCUT2D eigenvalue weighted by Crippen LogP contribution is -2.52. The Balaban J connectivity index is 2.66. The molecule has 0 nitrogen and oxygen atoms in total. The Morgan fingerprint density at radius 3 is 1.30 bits per heavy atom. The fourth-order valence-electron chi connectivity index (χ4n) is 2.77. The van der Waals surface area contributed by atoms with Crippen LogP contribution in [0.4, 0.5) is 0 Å². The van der Waals surface area contributed by atoms with Gasteiger partial charge in [0.1, 0.15) is 0 Å². The van der Waals surface area contributed by atoms with Crippen molar-refractivity contribution >= 4 is 28.8 Å². The van der Waals surface area contributed by atoms with Crippen LogP contribution in [0.25, 0.3) is 0 Å². The molecule has 0 aliphatic carbocycles. The normalized spacial score (nSPS) is 11.4. The molecule has 2 heteroatoms. The molecular formula is C18H21ClSi. The molecule has 0 radical (unpaired) electrons. The summed E-state index contributed by atoms with van der Waals surface area (Å²) >= 11 is 7.08. The van der Waals surface area contributed by atoms with E-state index in [-0.39, 0.29) is 0 Å². The van der Waals surface area contributed by atoms with Gasteiger partial charge in [0.25, 0.3) is 0 Å². The first-order valence-electron chi connectivity index (χ1n) is 6.85. The minimum absolute atomic E-state index is 1.22. The van der Waals surface area contributed by atoms with Gasteiger partial charge in [0.2, 0.25) is 7.38 Å². The lowest BCUT2D eigenvalue weighted by Gasteiger charge is -2.23. The molecule has 0 N–H and O–H groups in total.